The van der Waals surface area contributed by atoms with E-state index in [0.29, 0.717) is 0 Å². The minimum Gasteiger partial charge on any atom is -0.481 e. The number of hydrogen-bond donors (Lipinski definition) is 2. The van der Waals surface area contributed by atoms with Crippen LogP contribution in [0.4, 0.5) is 8.78 Å². The summed E-state index contributed by atoms with van der Waals surface area (Å²) < 4.78 is 21.0. The smallest absolute Gasteiger partial charge is 0.300 e. The van der Waals surface area contributed by atoms with Crippen molar-refractivity contribution in [3.8, 4) is 0 Å². The zero-order chi connectivity index (χ0) is 7.86. The molecule has 0 aliphatic rings. The highest BCUT2D eigenvalue weighted by molar-refractivity contribution is 5.62. The van der Waals surface area contributed by atoms with Crippen LogP contribution in [0.3, 0.4) is 0 Å². The van der Waals surface area contributed by atoms with Gasteiger partial charge in [-0.15, -0.1) is 0 Å². The number of hydrogen-bond acceptors (Lipinski definition) is 2. The molecule has 0 spiro atoms. The molecule has 0 unspecified atom stereocenters. The largest absolute Gasteiger partial charge is 0.481 e. The maximum atomic E-state index is 10.5. The summed E-state index contributed by atoms with van der Waals surface area (Å²) >= 11 is 0. The van der Waals surface area contributed by atoms with Crippen LogP contribution in [-0.4, -0.2) is 29.2 Å². The lowest BCUT2D eigenvalue weighted by molar-refractivity contribution is -0.134. The lowest BCUT2D eigenvalue weighted by atomic mass is 10.8. The van der Waals surface area contributed by atoms with Crippen LogP contribution >= 0.6 is 0 Å². The Morgan fingerprint density at radius 1 is 1.67 bits per heavy atom. The van der Waals surface area contributed by atoms with Crippen LogP contribution in [0.5, 0.6) is 0 Å². The summed E-state index contributed by atoms with van der Waals surface area (Å²) in [7, 11) is 0. The Bertz CT molecular complexity index is 70.2. The van der Waals surface area contributed by atoms with Crippen molar-refractivity contribution in [2.45, 2.75) is 13.3 Å². The van der Waals surface area contributed by atoms with Crippen molar-refractivity contribution in [2.24, 2.45) is 0 Å². The molecule has 3 nitrogen and oxygen atoms in total. The van der Waals surface area contributed by atoms with Gasteiger partial charge in [-0.25, -0.2) is 8.78 Å². The molecular formula is C4H8F2O3. The quantitative estimate of drug-likeness (QED) is 0.554. The number of rotatable bonds is 1. The van der Waals surface area contributed by atoms with Gasteiger partial charge < -0.3 is 10.2 Å². The van der Waals surface area contributed by atoms with Gasteiger partial charge in [0.15, 0.2) is 0 Å². The second-order valence-electron chi connectivity index (χ2n) is 1.09. The summed E-state index contributed by atoms with van der Waals surface area (Å²) in [5, 5.41) is 14.8. The molecule has 56 valence electrons. The van der Waals surface area contributed by atoms with E-state index >= 15 is 0 Å². The Morgan fingerprint density at radius 3 is 1.78 bits per heavy atom. The van der Waals surface area contributed by atoms with Crippen LogP contribution in [0.2, 0.25) is 0 Å². The molecule has 0 aromatic heterocycles. The van der Waals surface area contributed by atoms with Gasteiger partial charge >= 0.3 is 0 Å². The van der Waals surface area contributed by atoms with E-state index in [1.807, 2.05) is 0 Å². The fraction of sp³-hybridized carbons (Fsp3) is 0.750. The Balaban J connectivity index is 0. The minimum absolute atomic E-state index is 0.833. The Labute approximate surface area is 50.9 Å². The summed E-state index contributed by atoms with van der Waals surface area (Å²) in [5.74, 6) is -0.833. The van der Waals surface area contributed by atoms with Gasteiger partial charge in [-0.2, -0.15) is 0 Å². The van der Waals surface area contributed by atoms with Gasteiger partial charge in [0.1, 0.15) is 6.61 Å². The van der Waals surface area contributed by atoms with Gasteiger partial charge in [0.05, 0.1) is 0 Å². The van der Waals surface area contributed by atoms with E-state index in [9.17, 15) is 8.78 Å². The minimum atomic E-state index is -2.56. The SMILES string of the molecule is CC(=O)O.OCC(F)F. The van der Waals surface area contributed by atoms with Gasteiger partial charge in [0.2, 0.25) is 0 Å². The van der Waals surface area contributed by atoms with E-state index in [4.69, 9.17) is 15.0 Å². The molecule has 0 radical (unpaired) electrons. The van der Waals surface area contributed by atoms with Crippen molar-refractivity contribution in [2.75, 3.05) is 6.61 Å². The second-order valence-corrected chi connectivity index (χ2v) is 1.09. The number of carboxylic acids is 1. The van der Waals surface area contributed by atoms with Gasteiger partial charge in [0, 0.05) is 6.92 Å². The Hall–Kier alpha value is -0.710. The highest BCUT2D eigenvalue weighted by Crippen LogP contribution is 1.84. The molecule has 0 rings (SSSR count). The molecule has 0 heterocycles. The van der Waals surface area contributed by atoms with Crippen molar-refractivity contribution < 1.29 is 23.8 Å². The molecule has 0 amide bonds. The number of aliphatic hydroxyl groups is 1. The molecule has 5 heteroatoms. The molecule has 0 saturated heterocycles. The van der Waals surface area contributed by atoms with E-state index in [0.717, 1.165) is 6.92 Å². The monoisotopic (exact) mass is 142 g/mol. The number of carboxylic acid groups (broad SMARTS) is 1. The maximum absolute atomic E-state index is 10.5. The third kappa shape index (κ3) is 123. The lowest BCUT2D eigenvalue weighted by Crippen LogP contribution is -1.94. The number of alkyl halides is 2. The molecule has 0 atom stereocenters. The summed E-state index contributed by atoms with van der Waals surface area (Å²) in [6.45, 7) is 0.0556. The van der Waals surface area contributed by atoms with Crippen LogP contribution in [-0.2, 0) is 4.79 Å². The third-order valence-electron chi connectivity index (χ3n) is 0.138. The predicted molar refractivity (Wildman–Crippen MR) is 26.4 cm³/mol. The third-order valence-corrected chi connectivity index (χ3v) is 0.138. The first-order valence-electron chi connectivity index (χ1n) is 2.09. The standard InChI is InChI=1S/C2H4F2O.C2H4O2/c3-2(4)1-5;1-2(3)4/h2,5H,1H2;1H3,(H,3,4). The fourth-order valence-electron chi connectivity index (χ4n) is 0. The van der Waals surface area contributed by atoms with Crippen LogP contribution in [0.1, 0.15) is 6.92 Å². The van der Waals surface area contributed by atoms with Crippen molar-refractivity contribution in [3.05, 3.63) is 0 Å². The molecule has 0 bridgehead atoms. The summed E-state index contributed by atoms with van der Waals surface area (Å²) in [5.41, 5.74) is 0. The topological polar surface area (TPSA) is 57.5 Å². The lowest BCUT2D eigenvalue weighted by Gasteiger charge is -1.81. The van der Waals surface area contributed by atoms with E-state index in [1.165, 1.54) is 0 Å². The number of aliphatic carboxylic acids is 1. The zero-order valence-corrected chi connectivity index (χ0v) is 4.84. The second kappa shape index (κ2) is 7.29. The maximum Gasteiger partial charge on any atom is 0.300 e. The predicted octanol–water partition coefficient (Wildman–Crippen LogP) is 0.335. The Kier molecular flexibility index (Phi) is 9.02. The van der Waals surface area contributed by atoms with E-state index in [-0.39, 0.29) is 0 Å². The van der Waals surface area contributed by atoms with Crippen LogP contribution in [0.25, 0.3) is 0 Å². The van der Waals surface area contributed by atoms with Gasteiger partial charge in [-0.05, 0) is 0 Å². The first-order valence-corrected chi connectivity index (χ1v) is 2.09. The van der Waals surface area contributed by atoms with E-state index in [1.54, 1.807) is 0 Å². The fourth-order valence-corrected chi connectivity index (χ4v) is 0. The molecule has 0 aliphatic heterocycles. The first-order chi connectivity index (χ1) is 4.00. The highest BCUT2D eigenvalue weighted by atomic mass is 19.3. The van der Waals surface area contributed by atoms with Crippen molar-refractivity contribution >= 4 is 5.97 Å². The number of halogens is 2. The molecule has 0 aliphatic carbocycles. The zero-order valence-electron chi connectivity index (χ0n) is 4.84. The molecule has 0 aromatic carbocycles. The molecule has 0 aromatic rings. The van der Waals surface area contributed by atoms with Crippen molar-refractivity contribution in [3.63, 3.8) is 0 Å². The highest BCUT2D eigenvalue weighted by Gasteiger charge is 1.92. The molecule has 0 fully saturated rings. The first kappa shape index (κ1) is 11.1. The van der Waals surface area contributed by atoms with Crippen LogP contribution in [0, 0.1) is 0 Å². The van der Waals surface area contributed by atoms with Crippen LogP contribution in [0.15, 0.2) is 0 Å². The molecule has 9 heavy (non-hydrogen) atoms. The summed E-state index contributed by atoms with van der Waals surface area (Å²) in [4.78, 5) is 9.00. The van der Waals surface area contributed by atoms with Crippen LogP contribution < -0.4 is 0 Å². The summed E-state index contributed by atoms with van der Waals surface area (Å²) in [6.07, 6.45) is -2.56. The molecule has 2 N–H and O–H groups in total. The Morgan fingerprint density at radius 2 is 1.78 bits per heavy atom. The summed E-state index contributed by atoms with van der Waals surface area (Å²) in [6, 6.07) is 0. The number of aliphatic hydroxyl groups excluding tert-OH is 1. The molecular weight excluding hydrogens is 134 g/mol. The van der Waals surface area contributed by atoms with E-state index < -0.39 is 19.0 Å². The average Bonchev–Trinajstić information content (AvgIpc) is 1.65. The van der Waals surface area contributed by atoms with Crippen molar-refractivity contribution in [1.29, 1.82) is 0 Å². The van der Waals surface area contributed by atoms with Crippen molar-refractivity contribution in [1.82, 2.24) is 0 Å². The normalized spacial score (nSPS) is 8.11. The molecule has 0 saturated carbocycles. The van der Waals surface area contributed by atoms with Gasteiger partial charge in [-0.1, -0.05) is 0 Å². The number of carbonyl (C=O) groups is 1. The van der Waals surface area contributed by atoms with E-state index in [2.05, 4.69) is 0 Å². The average molecular weight is 142 g/mol. The van der Waals surface area contributed by atoms with Gasteiger partial charge in [-0.3, -0.25) is 4.79 Å². The van der Waals surface area contributed by atoms with Gasteiger partial charge in [0.25, 0.3) is 12.4 Å².